The molecule has 100 valence electrons. The monoisotopic (exact) mass is 262 g/mol. The van der Waals surface area contributed by atoms with Gasteiger partial charge >= 0.3 is 0 Å². The van der Waals surface area contributed by atoms with Crippen molar-refractivity contribution in [3.63, 3.8) is 0 Å². The number of benzene rings is 1. The van der Waals surface area contributed by atoms with Crippen LogP contribution in [0.25, 0.3) is 11.5 Å². The van der Waals surface area contributed by atoms with Gasteiger partial charge in [-0.05, 0) is 25.5 Å². The maximum atomic E-state index is 11.0. The fraction of sp³-hybridized carbons (Fsp3) is 0.333. The van der Waals surface area contributed by atoms with E-state index < -0.39 is 4.92 Å². The molecule has 0 unspecified atom stereocenters. The summed E-state index contributed by atoms with van der Waals surface area (Å²) in [6.07, 6.45) is 1.31. The summed E-state index contributed by atoms with van der Waals surface area (Å²) in [5, 5.41) is 18.8. The van der Waals surface area contributed by atoms with Gasteiger partial charge in [-0.25, -0.2) is 0 Å². The van der Waals surface area contributed by atoms with Crippen LogP contribution in [0, 0.1) is 17.0 Å². The van der Waals surface area contributed by atoms with E-state index in [1.165, 1.54) is 6.07 Å². The van der Waals surface area contributed by atoms with Gasteiger partial charge in [0, 0.05) is 12.5 Å². The topological polar surface area (TPSA) is 108 Å². The van der Waals surface area contributed by atoms with Crippen LogP contribution in [0.4, 0.5) is 5.69 Å². The van der Waals surface area contributed by atoms with Crippen molar-refractivity contribution in [2.24, 2.45) is 5.73 Å². The van der Waals surface area contributed by atoms with Crippen molar-refractivity contribution in [2.75, 3.05) is 6.54 Å². The molecule has 0 fully saturated rings. The number of nitrogens with zero attached hydrogens (tertiary/aromatic N) is 3. The quantitative estimate of drug-likeness (QED) is 0.650. The minimum absolute atomic E-state index is 0.0333. The summed E-state index contributed by atoms with van der Waals surface area (Å²) in [6, 6.07) is 4.82. The largest absolute Gasteiger partial charge is 0.420 e. The van der Waals surface area contributed by atoms with Gasteiger partial charge in [-0.3, -0.25) is 10.1 Å². The van der Waals surface area contributed by atoms with Gasteiger partial charge < -0.3 is 10.2 Å². The van der Waals surface area contributed by atoms with E-state index in [0.29, 0.717) is 24.4 Å². The van der Waals surface area contributed by atoms with Crippen molar-refractivity contribution in [1.82, 2.24) is 10.2 Å². The summed E-state index contributed by atoms with van der Waals surface area (Å²) < 4.78 is 5.46. The third-order valence-electron chi connectivity index (χ3n) is 2.72. The lowest BCUT2D eigenvalue weighted by Gasteiger charge is -2.01. The van der Waals surface area contributed by atoms with Gasteiger partial charge in [0.05, 0.1) is 4.92 Å². The molecule has 0 saturated heterocycles. The molecule has 0 spiro atoms. The normalized spacial score (nSPS) is 10.6. The SMILES string of the molecule is Cc1cccc([N+](=O)[O-])c1-c1nnc(CCCN)o1. The number of aromatic nitrogens is 2. The van der Waals surface area contributed by atoms with Gasteiger partial charge in [-0.2, -0.15) is 0 Å². The van der Waals surface area contributed by atoms with E-state index in [1.54, 1.807) is 19.1 Å². The minimum Gasteiger partial charge on any atom is -0.420 e. The summed E-state index contributed by atoms with van der Waals surface area (Å²) in [6.45, 7) is 2.30. The standard InChI is InChI=1S/C12H14N4O3/c1-8-4-2-5-9(16(17)18)11(8)12-15-14-10(19-12)6-3-7-13/h2,4-5H,3,6-7,13H2,1H3. The molecule has 19 heavy (non-hydrogen) atoms. The van der Waals surface area contributed by atoms with E-state index in [1.807, 2.05) is 0 Å². The number of hydrogen-bond acceptors (Lipinski definition) is 6. The van der Waals surface area contributed by atoms with Crippen molar-refractivity contribution in [3.05, 3.63) is 39.8 Å². The van der Waals surface area contributed by atoms with E-state index in [2.05, 4.69) is 10.2 Å². The predicted molar refractivity (Wildman–Crippen MR) is 68.5 cm³/mol. The van der Waals surface area contributed by atoms with Crippen LogP contribution in [-0.2, 0) is 6.42 Å². The van der Waals surface area contributed by atoms with E-state index >= 15 is 0 Å². The highest BCUT2D eigenvalue weighted by atomic mass is 16.6. The summed E-state index contributed by atoms with van der Waals surface area (Å²) in [7, 11) is 0. The van der Waals surface area contributed by atoms with E-state index in [9.17, 15) is 10.1 Å². The molecule has 1 heterocycles. The Morgan fingerprint density at radius 3 is 2.89 bits per heavy atom. The molecule has 0 aliphatic heterocycles. The van der Waals surface area contributed by atoms with Gasteiger partial charge in [0.1, 0.15) is 5.56 Å². The van der Waals surface area contributed by atoms with E-state index in [-0.39, 0.29) is 11.6 Å². The van der Waals surface area contributed by atoms with Crippen LogP contribution in [0.3, 0.4) is 0 Å². The highest BCUT2D eigenvalue weighted by Gasteiger charge is 2.22. The van der Waals surface area contributed by atoms with Crippen molar-refractivity contribution in [3.8, 4) is 11.5 Å². The predicted octanol–water partition coefficient (Wildman–Crippen LogP) is 1.84. The summed E-state index contributed by atoms with van der Waals surface area (Å²) >= 11 is 0. The molecule has 0 aliphatic rings. The van der Waals surface area contributed by atoms with Gasteiger partial charge in [0.25, 0.3) is 11.6 Å². The molecule has 7 nitrogen and oxygen atoms in total. The molecule has 0 saturated carbocycles. The molecule has 0 atom stereocenters. The maximum absolute atomic E-state index is 11.0. The van der Waals surface area contributed by atoms with E-state index in [0.717, 1.165) is 12.0 Å². The Bertz CT molecular complexity index is 594. The zero-order valence-corrected chi connectivity index (χ0v) is 10.5. The van der Waals surface area contributed by atoms with Crippen molar-refractivity contribution in [2.45, 2.75) is 19.8 Å². The fourth-order valence-corrected chi connectivity index (χ4v) is 1.79. The number of nitrogens with two attached hydrogens (primary N) is 1. The Morgan fingerprint density at radius 2 is 2.21 bits per heavy atom. The number of aryl methyl sites for hydroxylation is 2. The molecule has 0 aliphatic carbocycles. The molecule has 0 bridgehead atoms. The number of hydrogen-bond donors (Lipinski definition) is 1. The average Bonchev–Trinajstić information content (AvgIpc) is 2.84. The minimum atomic E-state index is -0.452. The van der Waals surface area contributed by atoms with Crippen molar-refractivity contribution < 1.29 is 9.34 Å². The second kappa shape index (κ2) is 5.57. The third-order valence-corrected chi connectivity index (χ3v) is 2.72. The molecule has 2 N–H and O–H groups in total. The van der Waals surface area contributed by atoms with Crippen LogP contribution in [0.1, 0.15) is 17.9 Å². The highest BCUT2D eigenvalue weighted by molar-refractivity contribution is 5.70. The first-order valence-corrected chi connectivity index (χ1v) is 5.90. The first kappa shape index (κ1) is 13.2. The summed E-state index contributed by atoms with van der Waals surface area (Å²) in [5.41, 5.74) is 6.47. The smallest absolute Gasteiger partial charge is 0.282 e. The first-order valence-electron chi connectivity index (χ1n) is 5.90. The number of nitro benzene ring substituents is 1. The summed E-state index contributed by atoms with van der Waals surface area (Å²) in [4.78, 5) is 10.6. The molecular weight excluding hydrogens is 248 g/mol. The van der Waals surface area contributed by atoms with Crippen LogP contribution in [0.5, 0.6) is 0 Å². The summed E-state index contributed by atoms with van der Waals surface area (Å²) in [5.74, 6) is 0.620. The van der Waals surface area contributed by atoms with Crippen LogP contribution in [-0.4, -0.2) is 21.7 Å². The fourth-order valence-electron chi connectivity index (χ4n) is 1.79. The number of rotatable bonds is 5. The average molecular weight is 262 g/mol. The van der Waals surface area contributed by atoms with Crippen LogP contribution < -0.4 is 5.73 Å². The Kier molecular flexibility index (Phi) is 3.86. The Morgan fingerprint density at radius 1 is 1.42 bits per heavy atom. The second-order valence-corrected chi connectivity index (χ2v) is 4.12. The third kappa shape index (κ3) is 2.76. The van der Waals surface area contributed by atoms with E-state index in [4.69, 9.17) is 10.2 Å². The Labute approximate surface area is 109 Å². The molecule has 0 amide bonds. The van der Waals surface area contributed by atoms with Crippen LogP contribution >= 0.6 is 0 Å². The first-order chi connectivity index (χ1) is 9.13. The molecule has 2 rings (SSSR count). The van der Waals surface area contributed by atoms with Gasteiger partial charge in [-0.15, -0.1) is 10.2 Å². The van der Waals surface area contributed by atoms with Crippen molar-refractivity contribution >= 4 is 5.69 Å². The van der Waals surface area contributed by atoms with Crippen LogP contribution in [0.2, 0.25) is 0 Å². The molecule has 7 heteroatoms. The van der Waals surface area contributed by atoms with Gasteiger partial charge in [-0.1, -0.05) is 12.1 Å². The molecule has 1 aromatic heterocycles. The Hall–Kier alpha value is -2.28. The molecular formula is C12H14N4O3. The number of nitro groups is 1. The molecule has 2 aromatic rings. The maximum Gasteiger partial charge on any atom is 0.282 e. The van der Waals surface area contributed by atoms with Gasteiger partial charge in [0.15, 0.2) is 0 Å². The zero-order chi connectivity index (χ0) is 13.8. The lowest BCUT2D eigenvalue weighted by molar-refractivity contribution is -0.384. The lowest BCUT2D eigenvalue weighted by atomic mass is 10.1. The lowest BCUT2D eigenvalue weighted by Crippen LogP contribution is -2.00. The Balaban J connectivity index is 2.41. The van der Waals surface area contributed by atoms with Gasteiger partial charge in [0.2, 0.25) is 5.89 Å². The van der Waals surface area contributed by atoms with Crippen LogP contribution in [0.15, 0.2) is 22.6 Å². The zero-order valence-electron chi connectivity index (χ0n) is 10.5. The second-order valence-electron chi connectivity index (χ2n) is 4.12. The molecule has 0 radical (unpaired) electrons. The molecule has 1 aromatic carbocycles. The van der Waals surface area contributed by atoms with Crippen molar-refractivity contribution in [1.29, 1.82) is 0 Å². The highest BCUT2D eigenvalue weighted by Crippen LogP contribution is 2.31.